The molecule has 0 aromatic rings. The summed E-state index contributed by atoms with van der Waals surface area (Å²) >= 11 is 24.1. The molecule has 0 radical (unpaired) electrons. The third-order valence-corrected chi connectivity index (χ3v) is 11.0. The Balaban J connectivity index is 0.000000201. The number of alkyl halides is 4. The minimum atomic E-state index is -1.10. The summed E-state index contributed by atoms with van der Waals surface area (Å²) in [5.41, 5.74) is 0. The second kappa shape index (κ2) is 12.8. The van der Waals surface area contributed by atoms with Crippen molar-refractivity contribution < 1.29 is 19.2 Å². The molecule has 0 aliphatic heterocycles. The van der Waals surface area contributed by atoms with Crippen molar-refractivity contribution in [1.29, 1.82) is 0 Å². The summed E-state index contributed by atoms with van der Waals surface area (Å²) in [6, 6.07) is 0. The predicted octanol–water partition coefficient (Wildman–Crippen LogP) is 7.85. The van der Waals surface area contributed by atoms with E-state index in [-0.39, 0.29) is 35.2 Å². The van der Waals surface area contributed by atoms with Crippen LogP contribution in [0.25, 0.3) is 0 Å². The van der Waals surface area contributed by atoms with Crippen molar-refractivity contribution in [2.24, 2.45) is 35.5 Å². The van der Waals surface area contributed by atoms with Crippen molar-refractivity contribution in [3.8, 4) is 0 Å². The van der Waals surface area contributed by atoms with Crippen LogP contribution in [0.15, 0.2) is 0 Å². The minimum Gasteiger partial charge on any atom is -0.300 e. The van der Waals surface area contributed by atoms with Crippen molar-refractivity contribution in [3.05, 3.63) is 0 Å². The average Bonchev–Trinajstić information content (AvgIpc) is 3.46. The fraction of sp³-hybridized carbons (Fsp3) is 0.857. The summed E-state index contributed by atoms with van der Waals surface area (Å²) in [4.78, 5) is 46.1. The molecule has 0 bridgehead atoms. The van der Waals surface area contributed by atoms with Gasteiger partial charge in [-0.3, -0.25) is 19.2 Å². The van der Waals surface area contributed by atoms with E-state index >= 15 is 0 Å². The highest BCUT2D eigenvalue weighted by atomic mass is 35.5. The number of fused-ring (bicyclic) bond motifs is 2. The molecule has 0 heterocycles. The van der Waals surface area contributed by atoms with Gasteiger partial charge in [-0.25, -0.2) is 0 Å². The number of unbranched alkanes of at least 4 members (excludes halogenated alkanes) is 2. The van der Waals surface area contributed by atoms with Gasteiger partial charge in [-0.2, -0.15) is 0 Å². The van der Waals surface area contributed by atoms with Gasteiger partial charge >= 0.3 is 0 Å². The normalized spacial score (nSPS) is 33.1. The first-order valence-corrected chi connectivity index (χ1v) is 15.4. The lowest BCUT2D eigenvalue weighted by Crippen LogP contribution is -2.55. The van der Waals surface area contributed by atoms with Gasteiger partial charge in [0.05, 0.1) is 0 Å². The van der Waals surface area contributed by atoms with Crippen molar-refractivity contribution >= 4 is 69.5 Å². The van der Waals surface area contributed by atoms with E-state index in [1.54, 1.807) is 0 Å². The summed E-state index contributed by atoms with van der Waals surface area (Å²) in [7, 11) is 0. The monoisotopic (exact) mass is 580 g/mol. The van der Waals surface area contributed by atoms with Gasteiger partial charge in [-0.1, -0.05) is 73.1 Å². The predicted molar refractivity (Wildman–Crippen MR) is 146 cm³/mol. The van der Waals surface area contributed by atoms with Crippen LogP contribution in [0, 0.1) is 35.5 Å². The van der Waals surface area contributed by atoms with Crippen LogP contribution < -0.4 is 0 Å². The number of hydrogen-bond acceptors (Lipinski definition) is 4. The molecule has 0 amide bonds. The van der Waals surface area contributed by atoms with E-state index in [0.717, 1.165) is 64.2 Å². The zero-order valence-electron chi connectivity index (χ0n) is 21.5. The van der Waals surface area contributed by atoms with E-state index in [9.17, 15) is 19.2 Å². The van der Waals surface area contributed by atoms with E-state index < -0.39 is 8.67 Å². The van der Waals surface area contributed by atoms with Gasteiger partial charge in [0.1, 0.15) is 11.6 Å². The fourth-order valence-electron chi connectivity index (χ4n) is 6.85. The fourth-order valence-corrected chi connectivity index (χ4v) is 8.33. The van der Waals surface area contributed by atoms with E-state index in [2.05, 4.69) is 0 Å². The van der Waals surface area contributed by atoms with Crippen LogP contribution in [0.5, 0.6) is 0 Å². The Labute approximate surface area is 235 Å². The molecule has 4 aliphatic carbocycles. The Morgan fingerprint density at radius 1 is 0.667 bits per heavy atom. The van der Waals surface area contributed by atoms with Gasteiger partial charge in [0.25, 0.3) is 0 Å². The molecule has 4 rings (SSSR count). The highest BCUT2D eigenvalue weighted by Gasteiger charge is 2.65. The Morgan fingerprint density at radius 3 is 1.36 bits per heavy atom. The highest BCUT2D eigenvalue weighted by molar-refractivity contribution is 6.61. The molecule has 36 heavy (non-hydrogen) atoms. The van der Waals surface area contributed by atoms with Crippen LogP contribution in [0.1, 0.15) is 104 Å². The van der Waals surface area contributed by atoms with Crippen LogP contribution in [-0.2, 0) is 19.2 Å². The minimum absolute atomic E-state index is 0.0305. The largest absolute Gasteiger partial charge is 0.300 e. The molecule has 6 unspecified atom stereocenters. The summed E-state index contributed by atoms with van der Waals surface area (Å²) in [5, 5.41) is 0. The molecule has 4 fully saturated rings. The molecular formula is C28H40Cl4O4. The summed E-state index contributed by atoms with van der Waals surface area (Å²) in [6.07, 6.45) is 12.7. The second-order valence-corrected chi connectivity index (χ2v) is 14.0. The van der Waals surface area contributed by atoms with Gasteiger partial charge in [-0.05, 0) is 63.2 Å². The Kier molecular flexibility index (Phi) is 10.8. The Hall–Kier alpha value is -0.160. The van der Waals surface area contributed by atoms with Gasteiger partial charge in [-0.15, -0.1) is 0 Å². The second-order valence-electron chi connectivity index (χ2n) is 11.2. The van der Waals surface area contributed by atoms with Gasteiger partial charge < -0.3 is 0 Å². The van der Waals surface area contributed by atoms with E-state index in [4.69, 9.17) is 46.4 Å². The molecule has 0 aromatic carbocycles. The van der Waals surface area contributed by atoms with Crippen molar-refractivity contribution in [3.63, 3.8) is 0 Å². The number of ketones is 4. The van der Waals surface area contributed by atoms with Crippen molar-refractivity contribution in [2.75, 3.05) is 0 Å². The molecule has 0 spiro atoms. The first-order chi connectivity index (χ1) is 17.0. The first-order valence-electron chi connectivity index (χ1n) is 13.8. The maximum atomic E-state index is 11.8. The smallest absolute Gasteiger partial charge is 0.179 e. The van der Waals surface area contributed by atoms with Gasteiger partial charge in [0.15, 0.2) is 20.2 Å². The number of rotatable bonds is 12. The van der Waals surface area contributed by atoms with Crippen LogP contribution in [0.4, 0.5) is 0 Å². The maximum Gasteiger partial charge on any atom is 0.179 e. The molecule has 204 valence electrons. The third kappa shape index (κ3) is 6.35. The van der Waals surface area contributed by atoms with Crippen LogP contribution in [0.2, 0.25) is 0 Å². The highest BCUT2D eigenvalue weighted by Crippen LogP contribution is 2.60. The zero-order chi connectivity index (χ0) is 26.7. The Bertz CT molecular complexity index is 771. The topological polar surface area (TPSA) is 68.3 Å². The molecule has 4 saturated carbocycles. The quantitative estimate of drug-likeness (QED) is 0.174. The maximum absolute atomic E-state index is 11.8. The molecule has 4 aliphatic rings. The number of halogens is 4. The SMILES string of the molecule is CCC(=O)CCCCC1CCC2C1C(=O)C2(Cl)Cl.CCC(=O)CCCCC1CCC2C1C(=O)C2(Cl)Cl. The number of hydrogen-bond donors (Lipinski definition) is 0. The van der Waals surface area contributed by atoms with Crippen molar-refractivity contribution in [1.82, 2.24) is 0 Å². The van der Waals surface area contributed by atoms with E-state index in [1.807, 2.05) is 13.8 Å². The zero-order valence-corrected chi connectivity index (χ0v) is 24.5. The summed E-state index contributed by atoms with van der Waals surface area (Å²) in [5.74, 6) is 2.18. The van der Waals surface area contributed by atoms with E-state index in [1.165, 1.54) is 0 Å². The molecule has 0 saturated heterocycles. The molecule has 4 nitrogen and oxygen atoms in total. The lowest BCUT2D eigenvalue weighted by atomic mass is 9.69. The van der Waals surface area contributed by atoms with Crippen LogP contribution >= 0.6 is 46.4 Å². The molecule has 0 N–H and O–H groups in total. The molecular weight excluding hydrogens is 542 g/mol. The number of carbonyl (C=O) groups is 4. The standard InChI is InChI=1S/2C14H20Cl2O2/c2*1-2-10(17)6-4-3-5-9-7-8-11-12(9)13(18)14(11,15)16/h2*9,11-12H,2-8H2,1H3. The third-order valence-electron chi connectivity index (χ3n) is 9.12. The lowest BCUT2D eigenvalue weighted by molar-refractivity contribution is -0.136. The van der Waals surface area contributed by atoms with Crippen molar-refractivity contribution in [2.45, 2.75) is 112 Å². The molecule has 8 heteroatoms. The first kappa shape index (κ1) is 30.4. The lowest BCUT2D eigenvalue weighted by Gasteiger charge is -2.43. The number of Topliss-reactive ketones (excluding diaryl/α,β-unsaturated/α-hetero) is 4. The van der Waals surface area contributed by atoms with Crippen LogP contribution in [0.3, 0.4) is 0 Å². The number of carbonyl (C=O) groups excluding carboxylic acids is 4. The average molecular weight is 582 g/mol. The molecule has 6 atom stereocenters. The Morgan fingerprint density at radius 2 is 1.03 bits per heavy atom. The van der Waals surface area contributed by atoms with Crippen LogP contribution in [-0.4, -0.2) is 31.8 Å². The van der Waals surface area contributed by atoms with Gasteiger partial charge in [0.2, 0.25) is 0 Å². The van der Waals surface area contributed by atoms with E-state index in [0.29, 0.717) is 49.1 Å². The van der Waals surface area contributed by atoms with Gasteiger partial charge in [0, 0.05) is 49.4 Å². The molecule has 0 aromatic heterocycles. The summed E-state index contributed by atoms with van der Waals surface area (Å²) < 4.78 is -2.20. The summed E-state index contributed by atoms with van der Waals surface area (Å²) in [6.45, 7) is 3.80.